The van der Waals surface area contributed by atoms with Gasteiger partial charge in [0.05, 0.1) is 5.56 Å². The number of nitrogens with one attached hydrogen (secondary N) is 1. The molecule has 1 nitrogen and oxygen atoms in total. The number of hydrogen-bond donors (Lipinski definition) is 1. The summed E-state index contributed by atoms with van der Waals surface area (Å²) >= 11 is 3.07. The molecule has 1 unspecified atom stereocenters. The third-order valence-corrected chi connectivity index (χ3v) is 3.86. The second-order valence-corrected chi connectivity index (χ2v) is 6.75. The van der Waals surface area contributed by atoms with E-state index >= 15 is 0 Å². The molecule has 1 aromatic carbocycles. The van der Waals surface area contributed by atoms with Gasteiger partial charge >= 0.3 is 6.18 Å². The molecule has 0 radical (unpaired) electrons. The maximum absolute atomic E-state index is 12.9. The number of hydrogen-bond acceptors (Lipinski definition) is 1. The average molecular weight is 338 g/mol. The van der Waals surface area contributed by atoms with Crippen LogP contribution < -0.4 is 5.32 Å². The first-order chi connectivity index (χ1) is 8.51. The van der Waals surface area contributed by atoms with Crippen LogP contribution in [0.4, 0.5) is 18.9 Å². The lowest BCUT2D eigenvalue weighted by atomic mass is 9.82. The van der Waals surface area contributed by atoms with Crippen molar-refractivity contribution < 1.29 is 13.2 Å². The maximum Gasteiger partial charge on any atom is 0.418 e. The highest BCUT2D eigenvalue weighted by Gasteiger charge is 2.34. The van der Waals surface area contributed by atoms with E-state index in [9.17, 15) is 13.2 Å². The summed E-state index contributed by atoms with van der Waals surface area (Å²) in [4.78, 5) is 0. The van der Waals surface area contributed by atoms with E-state index in [1.807, 2.05) is 6.92 Å². The van der Waals surface area contributed by atoms with E-state index in [4.69, 9.17) is 0 Å². The van der Waals surface area contributed by atoms with E-state index in [1.54, 1.807) is 6.07 Å². The molecule has 0 heterocycles. The van der Waals surface area contributed by atoms with Gasteiger partial charge in [-0.1, -0.05) is 43.6 Å². The molecule has 0 aromatic heterocycles. The van der Waals surface area contributed by atoms with Crippen molar-refractivity contribution in [2.45, 2.75) is 33.9 Å². The second kappa shape index (κ2) is 5.73. The van der Waals surface area contributed by atoms with Gasteiger partial charge in [-0.3, -0.25) is 0 Å². The predicted octanol–water partition coefficient (Wildman–Crippen LogP) is 5.56. The van der Waals surface area contributed by atoms with E-state index in [2.05, 4.69) is 42.0 Å². The van der Waals surface area contributed by atoms with Crippen LogP contribution in [-0.4, -0.2) is 6.54 Å². The van der Waals surface area contributed by atoms with Gasteiger partial charge in [-0.15, -0.1) is 0 Å². The van der Waals surface area contributed by atoms with E-state index in [1.165, 1.54) is 6.07 Å². The highest BCUT2D eigenvalue weighted by molar-refractivity contribution is 9.10. The van der Waals surface area contributed by atoms with Gasteiger partial charge < -0.3 is 5.32 Å². The first-order valence-electron chi connectivity index (χ1n) is 6.12. The summed E-state index contributed by atoms with van der Waals surface area (Å²) in [5.74, 6) is 0.261. The summed E-state index contributed by atoms with van der Waals surface area (Å²) in [5, 5.41) is 2.91. The molecule has 1 N–H and O–H groups in total. The van der Waals surface area contributed by atoms with Crippen LogP contribution >= 0.6 is 15.9 Å². The van der Waals surface area contributed by atoms with E-state index in [-0.39, 0.29) is 17.0 Å². The summed E-state index contributed by atoms with van der Waals surface area (Å²) in [7, 11) is 0. The molecule has 0 spiro atoms. The zero-order valence-electron chi connectivity index (χ0n) is 11.5. The molecule has 0 aliphatic rings. The fourth-order valence-electron chi connectivity index (χ4n) is 1.47. The van der Waals surface area contributed by atoms with Gasteiger partial charge in [-0.2, -0.15) is 13.2 Å². The minimum Gasteiger partial charge on any atom is -0.384 e. The number of halogens is 4. The van der Waals surface area contributed by atoms with Gasteiger partial charge in [0.15, 0.2) is 0 Å². The van der Waals surface area contributed by atoms with E-state index in [0.29, 0.717) is 11.0 Å². The van der Waals surface area contributed by atoms with E-state index in [0.717, 1.165) is 6.07 Å². The Hall–Kier alpha value is -0.710. The smallest absolute Gasteiger partial charge is 0.384 e. The molecular formula is C14H19BrF3N. The highest BCUT2D eigenvalue weighted by atomic mass is 79.9. The van der Waals surface area contributed by atoms with Crippen LogP contribution in [-0.2, 0) is 6.18 Å². The van der Waals surface area contributed by atoms with Crippen LogP contribution in [0, 0.1) is 11.3 Å². The zero-order valence-corrected chi connectivity index (χ0v) is 13.1. The first-order valence-corrected chi connectivity index (χ1v) is 6.91. The van der Waals surface area contributed by atoms with Crippen LogP contribution in [0.1, 0.15) is 33.3 Å². The average Bonchev–Trinajstić information content (AvgIpc) is 2.24. The van der Waals surface area contributed by atoms with Crippen LogP contribution in [0.15, 0.2) is 22.7 Å². The van der Waals surface area contributed by atoms with Crippen LogP contribution in [0.5, 0.6) is 0 Å². The molecule has 5 heteroatoms. The zero-order chi connectivity index (χ0) is 14.8. The number of alkyl halides is 3. The van der Waals surface area contributed by atoms with Crippen molar-refractivity contribution in [2.24, 2.45) is 11.3 Å². The molecule has 1 rings (SSSR count). The fraction of sp³-hybridized carbons (Fsp3) is 0.571. The third kappa shape index (κ3) is 4.71. The largest absolute Gasteiger partial charge is 0.418 e. The van der Waals surface area contributed by atoms with Gasteiger partial charge in [-0.25, -0.2) is 0 Å². The fourth-order valence-corrected chi connectivity index (χ4v) is 1.84. The molecule has 0 bridgehead atoms. The molecule has 1 atom stereocenters. The monoisotopic (exact) mass is 337 g/mol. The Morgan fingerprint density at radius 3 is 2.26 bits per heavy atom. The molecule has 0 amide bonds. The molecule has 1 aromatic rings. The standard InChI is InChI=1S/C14H19BrF3N/c1-9(13(2,3)4)8-19-12-6-5-10(15)7-11(12)14(16,17)18/h5-7,9,19H,8H2,1-4H3. The van der Waals surface area contributed by atoms with Crippen molar-refractivity contribution in [3.05, 3.63) is 28.2 Å². The quantitative estimate of drug-likeness (QED) is 0.761. The summed E-state index contributed by atoms with van der Waals surface area (Å²) in [5.41, 5.74) is -0.449. The number of rotatable bonds is 3. The molecule has 19 heavy (non-hydrogen) atoms. The lowest BCUT2D eigenvalue weighted by molar-refractivity contribution is -0.137. The minimum absolute atomic E-state index is 0.0563. The van der Waals surface area contributed by atoms with E-state index < -0.39 is 11.7 Å². The lowest BCUT2D eigenvalue weighted by Gasteiger charge is -2.28. The topological polar surface area (TPSA) is 12.0 Å². The Bertz CT molecular complexity index is 435. The Labute approximate surface area is 120 Å². The Balaban J connectivity index is 2.90. The predicted molar refractivity (Wildman–Crippen MR) is 76.3 cm³/mol. The summed E-state index contributed by atoms with van der Waals surface area (Å²) in [6.07, 6.45) is -4.35. The lowest BCUT2D eigenvalue weighted by Crippen LogP contribution is -2.25. The van der Waals surface area contributed by atoms with Crippen molar-refractivity contribution in [3.63, 3.8) is 0 Å². The SMILES string of the molecule is CC(CNc1ccc(Br)cc1C(F)(F)F)C(C)(C)C. The molecule has 0 aliphatic heterocycles. The van der Waals surface area contributed by atoms with Gasteiger partial charge in [-0.05, 0) is 29.5 Å². The first kappa shape index (κ1) is 16.3. The Kier molecular flexibility index (Phi) is 4.93. The van der Waals surface area contributed by atoms with Gasteiger partial charge in [0, 0.05) is 16.7 Å². The van der Waals surface area contributed by atoms with Crippen molar-refractivity contribution >= 4 is 21.6 Å². The highest BCUT2D eigenvalue weighted by Crippen LogP contribution is 2.37. The summed E-state index contributed by atoms with van der Waals surface area (Å²) in [6.45, 7) is 8.76. The minimum atomic E-state index is -4.35. The van der Waals surface area contributed by atoms with Gasteiger partial charge in [0.1, 0.15) is 0 Å². The van der Waals surface area contributed by atoms with Crippen LogP contribution in [0.25, 0.3) is 0 Å². The molecular weight excluding hydrogens is 319 g/mol. The molecule has 0 fully saturated rings. The molecule has 0 saturated carbocycles. The Morgan fingerprint density at radius 1 is 1.21 bits per heavy atom. The maximum atomic E-state index is 12.9. The van der Waals surface area contributed by atoms with Crippen molar-refractivity contribution in [3.8, 4) is 0 Å². The third-order valence-electron chi connectivity index (χ3n) is 3.36. The van der Waals surface area contributed by atoms with Gasteiger partial charge in [0.25, 0.3) is 0 Å². The Morgan fingerprint density at radius 2 is 1.79 bits per heavy atom. The number of benzene rings is 1. The summed E-state index contributed by atoms with van der Waals surface area (Å²) in [6, 6.07) is 4.17. The van der Waals surface area contributed by atoms with Crippen LogP contribution in [0.2, 0.25) is 0 Å². The molecule has 0 saturated heterocycles. The normalized spacial score (nSPS) is 14.3. The summed E-state index contributed by atoms with van der Waals surface area (Å²) < 4.78 is 39.2. The van der Waals surface area contributed by atoms with Crippen LogP contribution in [0.3, 0.4) is 0 Å². The number of anilines is 1. The van der Waals surface area contributed by atoms with Crippen molar-refractivity contribution in [2.75, 3.05) is 11.9 Å². The van der Waals surface area contributed by atoms with Gasteiger partial charge in [0.2, 0.25) is 0 Å². The molecule has 108 valence electrons. The molecule has 0 aliphatic carbocycles. The second-order valence-electron chi connectivity index (χ2n) is 5.84. The van der Waals surface area contributed by atoms with Crippen molar-refractivity contribution in [1.82, 2.24) is 0 Å². The van der Waals surface area contributed by atoms with Crippen molar-refractivity contribution in [1.29, 1.82) is 0 Å².